The molecule has 4 N–H and O–H groups in total. The monoisotopic (exact) mass is 672 g/mol. The van der Waals surface area contributed by atoms with Crippen LogP contribution in [0.3, 0.4) is 0 Å². The fourth-order valence-electron chi connectivity index (χ4n) is 4.41. The zero-order valence-corrected chi connectivity index (χ0v) is 26.2. The molecule has 0 bridgehead atoms. The second-order valence-electron chi connectivity index (χ2n) is 9.83. The van der Waals surface area contributed by atoms with Gasteiger partial charge in [0.15, 0.2) is 0 Å². The molecule has 9 nitrogen and oxygen atoms in total. The van der Waals surface area contributed by atoms with E-state index in [1.54, 1.807) is 11.1 Å². The molecule has 1 aromatic carbocycles. The van der Waals surface area contributed by atoms with Crippen LogP contribution in [0.15, 0.2) is 92.6 Å². The highest BCUT2D eigenvalue weighted by atomic mass is 127. The summed E-state index contributed by atoms with van der Waals surface area (Å²) in [6.07, 6.45) is 8.93. The maximum Gasteiger partial charge on any atom is 0.305 e. The predicted octanol–water partition coefficient (Wildman–Crippen LogP) is 6.01. The Hall–Kier alpha value is -3.35. The fraction of sp³-hybridized carbons (Fsp3) is 0.355. The number of aromatic nitrogens is 2. The first-order valence-corrected chi connectivity index (χ1v) is 15.6. The Morgan fingerprint density at radius 1 is 1.22 bits per heavy atom. The van der Waals surface area contributed by atoms with Crippen LogP contribution in [-0.4, -0.2) is 51.2 Å². The van der Waals surface area contributed by atoms with Crippen LogP contribution in [0.2, 0.25) is 0 Å². The van der Waals surface area contributed by atoms with Crippen LogP contribution in [0.4, 0.5) is 11.6 Å². The summed E-state index contributed by atoms with van der Waals surface area (Å²) in [6, 6.07) is 10.4. The average molecular weight is 673 g/mol. The van der Waals surface area contributed by atoms with Crippen LogP contribution in [0, 0.1) is 12.8 Å². The number of aliphatic hydroxyl groups is 1. The molecule has 0 spiro atoms. The van der Waals surface area contributed by atoms with Crippen molar-refractivity contribution in [3.63, 3.8) is 0 Å². The topological polar surface area (TPSA) is 104 Å². The zero-order chi connectivity index (χ0) is 30.0. The SMILES string of the molecule is C=CN(c1ncnc(NC(=C)NC2CC2)c1C)C1(OC(=C)/C=C/c2ccccc2)OC(CNCC(=C)O)C1C.CI. The second kappa shape index (κ2) is 15.0. The standard InChI is InChI=1S/C30H38N6O3.CH3I/c1-7-36(29-22(4)28(32-19-33-29)35-24(6)34-26-15-16-26)30(23(5)27(39-30)18-31-17-20(2)37)38-21(3)13-14-25-11-9-8-10-12-25;1-2/h7-14,19,23,26-27,31,34,37H,1-3,6,15-18H2,4-5H3,(H,32,33,35);1H3/b14-13+;. The van der Waals surface area contributed by atoms with Gasteiger partial charge < -0.3 is 30.5 Å². The molecule has 2 aromatic rings. The highest BCUT2D eigenvalue weighted by Gasteiger charge is 2.60. The van der Waals surface area contributed by atoms with Crippen LogP contribution >= 0.6 is 22.6 Å². The first-order valence-electron chi connectivity index (χ1n) is 13.4. The lowest BCUT2D eigenvalue weighted by atomic mass is 9.91. The Morgan fingerprint density at radius 2 is 1.93 bits per heavy atom. The fourth-order valence-corrected chi connectivity index (χ4v) is 4.41. The van der Waals surface area contributed by atoms with Crippen LogP contribution in [0.25, 0.3) is 6.08 Å². The van der Waals surface area contributed by atoms with E-state index in [9.17, 15) is 5.11 Å². The highest BCUT2D eigenvalue weighted by Crippen LogP contribution is 2.46. The van der Waals surface area contributed by atoms with Crippen molar-refractivity contribution in [1.29, 1.82) is 0 Å². The number of rotatable bonds is 15. The van der Waals surface area contributed by atoms with E-state index in [2.05, 4.69) is 74.8 Å². The van der Waals surface area contributed by atoms with E-state index in [-0.39, 0.29) is 24.3 Å². The Labute approximate surface area is 257 Å². The number of halogens is 1. The van der Waals surface area contributed by atoms with Crippen molar-refractivity contribution in [3.05, 3.63) is 104 Å². The lowest BCUT2D eigenvalue weighted by Gasteiger charge is -2.56. The molecular formula is C31H41IN6O3. The molecule has 2 aliphatic rings. The number of nitrogens with zero attached hydrogens (tertiary/aromatic N) is 3. The number of hydrogen-bond donors (Lipinski definition) is 4. The summed E-state index contributed by atoms with van der Waals surface area (Å²) in [5, 5.41) is 19.2. The van der Waals surface area contributed by atoms with Gasteiger partial charge in [-0.05, 0) is 36.3 Å². The van der Waals surface area contributed by atoms with E-state index in [1.165, 1.54) is 6.33 Å². The van der Waals surface area contributed by atoms with Gasteiger partial charge in [0.1, 0.15) is 23.7 Å². The number of nitrogens with one attached hydrogen (secondary N) is 3. The Morgan fingerprint density at radius 3 is 2.54 bits per heavy atom. The van der Waals surface area contributed by atoms with Gasteiger partial charge in [0, 0.05) is 24.4 Å². The molecule has 41 heavy (non-hydrogen) atoms. The summed E-state index contributed by atoms with van der Waals surface area (Å²) in [7, 11) is 0. The molecule has 0 amide bonds. The van der Waals surface area contributed by atoms with Gasteiger partial charge in [0.25, 0.3) is 0 Å². The van der Waals surface area contributed by atoms with Gasteiger partial charge in [0.2, 0.25) is 0 Å². The van der Waals surface area contributed by atoms with Crippen molar-refractivity contribution in [1.82, 2.24) is 20.6 Å². The summed E-state index contributed by atoms with van der Waals surface area (Å²) in [4.78, 5) is 12.7. The number of alkyl halides is 1. The molecule has 1 saturated heterocycles. The smallest absolute Gasteiger partial charge is 0.305 e. The van der Waals surface area contributed by atoms with E-state index < -0.39 is 5.91 Å². The third-order valence-electron chi connectivity index (χ3n) is 6.70. The van der Waals surface area contributed by atoms with Crippen molar-refractivity contribution in [3.8, 4) is 0 Å². The number of benzene rings is 1. The molecular weight excluding hydrogens is 631 g/mol. The summed E-state index contributed by atoms with van der Waals surface area (Å²) in [6.45, 7) is 20.5. The maximum absolute atomic E-state index is 9.45. The summed E-state index contributed by atoms with van der Waals surface area (Å²) in [5.41, 5.74) is 1.80. The van der Waals surface area contributed by atoms with Gasteiger partial charge >= 0.3 is 5.91 Å². The molecule has 4 rings (SSSR count). The molecule has 0 radical (unpaired) electrons. The molecule has 3 unspecified atom stereocenters. The predicted molar refractivity (Wildman–Crippen MR) is 175 cm³/mol. The highest BCUT2D eigenvalue weighted by molar-refractivity contribution is 14.1. The third-order valence-corrected chi connectivity index (χ3v) is 6.70. The Bertz CT molecular complexity index is 1250. The first-order chi connectivity index (χ1) is 19.7. The van der Waals surface area contributed by atoms with E-state index in [0.717, 1.165) is 24.0 Å². The minimum Gasteiger partial charge on any atom is -0.512 e. The normalized spacial score (nSPS) is 21.1. The van der Waals surface area contributed by atoms with Crippen LogP contribution in [0.1, 0.15) is 30.9 Å². The van der Waals surface area contributed by atoms with Gasteiger partial charge in [0.05, 0.1) is 30.1 Å². The molecule has 2 heterocycles. The van der Waals surface area contributed by atoms with Gasteiger partial charge in [-0.15, -0.1) is 0 Å². The van der Waals surface area contributed by atoms with Gasteiger partial charge in [-0.3, -0.25) is 4.90 Å². The lowest BCUT2D eigenvalue weighted by molar-refractivity contribution is -0.359. The van der Waals surface area contributed by atoms with Crippen molar-refractivity contribution in [2.75, 3.05) is 28.2 Å². The number of hydrogen-bond acceptors (Lipinski definition) is 9. The Balaban J connectivity index is 0.00000226. The van der Waals surface area contributed by atoms with Crippen molar-refractivity contribution in [2.45, 2.75) is 44.7 Å². The number of allylic oxidation sites excluding steroid dienone is 1. The van der Waals surface area contributed by atoms with Crippen molar-refractivity contribution >= 4 is 40.3 Å². The molecule has 1 saturated carbocycles. The minimum atomic E-state index is -1.26. The van der Waals surface area contributed by atoms with Gasteiger partial charge in [-0.2, -0.15) is 0 Å². The lowest BCUT2D eigenvalue weighted by Crippen LogP contribution is -2.70. The van der Waals surface area contributed by atoms with Crippen molar-refractivity contribution in [2.24, 2.45) is 5.92 Å². The van der Waals surface area contributed by atoms with E-state index in [1.807, 2.05) is 61.3 Å². The molecule has 1 aliphatic carbocycles. The first kappa shape index (κ1) is 32.2. The Kier molecular flexibility index (Phi) is 11.8. The van der Waals surface area contributed by atoms with Crippen molar-refractivity contribution < 1.29 is 14.6 Å². The van der Waals surface area contributed by atoms with Crippen LogP contribution in [0.5, 0.6) is 0 Å². The van der Waals surface area contributed by atoms with Gasteiger partial charge in [-0.1, -0.05) is 92.2 Å². The van der Waals surface area contributed by atoms with Crippen LogP contribution < -0.4 is 20.9 Å². The summed E-state index contributed by atoms with van der Waals surface area (Å²) in [5.74, 6) is 0.950. The molecule has 3 atom stereocenters. The van der Waals surface area contributed by atoms with E-state index >= 15 is 0 Å². The number of ether oxygens (including phenoxy) is 2. The largest absolute Gasteiger partial charge is 0.512 e. The van der Waals surface area contributed by atoms with E-state index in [4.69, 9.17) is 9.47 Å². The average Bonchev–Trinajstić information content (AvgIpc) is 3.78. The maximum atomic E-state index is 9.45. The molecule has 2 fully saturated rings. The second-order valence-corrected chi connectivity index (χ2v) is 9.83. The molecule has 1 aromatic heterocycles. The number of anilines is 2. The summed E-state index contributed by atoms with van der Waals surface area (Å²) < 4.78 is 12.9. The van der Waals surface area contributed by atoms with E-state index in [0.29, 0.717) is 35.8 Å². The van der Waals surface area contributed by atoms with Gasteiger partial charge in [-0.25, -0.2) is 9.97 Å². The third kappa shape index (κ3) is 8.34. The zero-order valence-electron chi connectivity index (χ0n) is 24.1. The molecule has 1 aliphatic heterocycles. The summed E-state index contributed by atoms with van der Waals surface area (Å²) >= 11 is 2.15. The molecule has 10 heteroatoms. The molecule has 220 valence electrons. The quantitative estimate of drug-likeness (QED) is 0.0596. The van der Waals surface area contributed by atoms with Crippen LogP contribution in [-0.2, 0) is 9.47 Å². The minimum absolute atomic E-state index is 0.0611. The number of aliphatic hydroxyl groups excluding tert-OH is 1.